The topological polar surface area (TPSA) is 38.1 Å². The van der Waals surface area contributed by atoms with Gasteiger partial charge in [0, 0.05) is 20.0 Å². The smallest absolute Gasteiger partial charge is 0.300 e. The van der Waals surface area contributed by atoms with E-state index >= 15 is 0 Å². The standard InChI is InChI=1S/C13H12F3N3O/c1-9(20)18(2)12-8-11(13(14,15)16)17-19(12)10-6-4-3-5-7-10/h3-8H,1-2H3. The van der Waals surface area contributed by atoms with Crippen LogP contribution in [0, 0.1) is 0 Å². The van der Waals surface area contributed by atoms with Gasteiger partial charge in [-0.3, -0.25) is 4.79 Å². The van der Waals surface area contributed by atoms with Crippen LogP contribution >= 0.6 is 0 Å². The largest absolute Gasteiger partial charge is 0.435 e. The van der Waals surface area contributed by atoms with Gasteiger partial charge >= 0.3 is 6.18 Å². The molecule has 106 valence electrons. The van der Waals surface area contributed by atoms with Crippen molar-refractivity contribution in [1.82, 2.24) is 9.78 Å². The lowest BCUT2D eigenvalue weighted by Gasteiger charge is -2.16. The Morgan fingerprint density at radius 1 is 1.25 bits per heavy atom. The molecular weight excluding hydrogens is 271 g/mol. The first-order valence-electron chi connectivity index (χ1n) is 5.77. The maximum absolute atomic E-state index is 12.8. The first-order chi connectivity index (χ1) is 9.30. The van der Waals surface area contributed by atoms with E-state index in [0.29, 0.717) is 5.69 Å². The van der Waals surface area contributed by atoms with E-state index in [2.05, 4.69) is 5.10 Å². The number of amides is 1. The van der Waals surface area contributed by atoms with Crippen molar-refractivity contribution in [1.29, 1.82) is 0 Å². The lowest BCUT2D eigenvalue weighted by molar-refractivity contribution is -0.141. The minimum absolute atomic E-state index is 0.0658. The van der Waals surface area contributed by atoms with Gasteiger partial charge in [0.15, 0.2) is 5.69 Å². The summed E-state index contributed by atoms with van der Waals surface area (Å²) in [6.07, 6.45) is -4.56. The Labute approximate surface area is 113 Å². The zero-order chi connectivity index (χ0) is 14.9. The van der Waals surface area contributed by atoms with Gasteiger partial charge in [0.25, 0.3) is 0 Å². The summed E-state index contributed by atoms with van der Waals surface area (Å²) in [5.74, 6) is -0.313. The van der Waals surface area contributed by atoms with Crippen LogP contribution in [-0.2, 0) is 11.0 Å². The fourth-order valence-electron chi connectivity index (χ4n) is 1.67. The van der Waals surface area contributed by atoms with Crippen molar-refractivity contribution in [2.45, 2.75) is 13.1 Å². The first-order valence-corrected chi connectivity index (χ1v) is 5.77. The molecule has 0 atom stereocenters. The quantitative estimate of drug-likeness (QED) is 0.850. The molecule has 1 amide bonds. The number of rotatable bonds is 2. The second-order valence-corrected chi connectivity index (χ2v) is 4.21. The van der Waals surface area contributed by atoms with Crippen LogP contribution in [0.2, 0.25) is 0 Å². The molecule has 1 aromatic heterocycles. The number of hydrogen-bond donors (Lipinski definition) is 0. The van der Waals surface area contributed by atoms with E-state index in [1.54, 1.807) is 30.3 Å². The van der Waals surface area contributed by atoms with E-state index in [0.717, 1.165) is 15.6 Å². The Balaban J connectivity index is 2.60. The van der Waals surface area contributed by atoms with Crippen LogP contribution < -0.4 is 4.90 Å². The zero-order valence-electron chi connectivity index (χ0n) is 10.8. The molecule has 4 nitrogen and oxygen atoms in total. The van der Waals surface area contributed by atoms with E-state index in [1.165, 1.54) is 14.0 Å². The van der Waals surface area contributed by atoms with Crippen molar-refractivity contribution in [3.05, 3.63) is 42.1 Å². The average Bonchev–Trinajstić information content (AvgIpc) is 2.83. The molecule has 2 rings (SSSR count). The maximum Gasteiger partial charge on any atom is 0.435 e. The lowest BCUT2D eigenvalue weighted by atomic mass is 10.3. The van der Waals surface area contributed by atoms with Gasteiger partial charge in [-0.1, -0.05) is 18.2 Å². The Bertz CT molecular complexity index is 620. The number of benzene rings is 1. The van der Waals surface area contributed by atoms with Crippen molar-refractivity contribution >= 4 is 11.7 Å². The monoisotopic (exact) mass is 283 g/mol. The molecule has 0 spiro atoms. The number of carbonyl (C=O) groups excluding carboxylic acids is 1. The normalized spacial score (nSPS) is 11.4. The summed E-state index contributed by atoms with van der Waals surface area (Å²) in [6, 6.07) is 9.19. The van der Waals surface area contributed by atoms with Crippen LogP contribution in [0.4, 0.5) is 19.0 Å². The highest BCUT2D eigenvalue weighted by Crippen LogP contribution is 2.32. The number of hydrogen-bond acceptors (Lipinski definition) is 2. The molecule has 0 aliphatic carbocycles. The first kappa shape index (κ1) is 14.1. The van der Waals surface area contributed by atoms with Crippen molar-refractivity contribution in [2.24, 2.45) is 0 Å². The molecule has 0 aliphatic rings. The molecule has 1 aromatic carbocycles. The summed E-state index contributed by atoms with van der Waals surface area (Å²) in [6.45, 7) is 1.27. The molecule has 0 saturated heterocycles. The summed E-state index contributed by atoms with van der Waals surface area (Å²) in [7, 11) is 1.40. The Hall–Kier alpha value is -2.31. The molecule has 0 saturated carbocycles. The zero-order valence-corrected chi connectivity index (χ0v) is 10.8. The Morgan fingerprint density at radius 2 is 1.85 bits per heavy atom. The number of para-hydroxylation sites is 1. The lowest BCUT2D eigenvalue weighted by Crippen LogP contribution is -2.25. The van der Waals surface area contributed by atoms with Gasteiger partial charge < -0.3 is 4.90 Å². The van der Waals surface area contributed by atoms with Crippen LogP contribution in [0.15, 0.2) is 36.4 Å². The van der Waals surface area contributed by atoms with Crippen molar-refractivity contribution in [3.63, 3.8) is 0 Å². The highest BCUT2D eigenvalue weighted by Gasteiger charge is 2.36. The molecule has 0 aliphatic heterocycles. The van der Waals surface area contributed by atoms with Gasteiger partial charge in [0.05, 0.1) is 5.69 Å². The third kappa shape index (κ3) is 2.66. The number of halogens is 3. The molecule has 0 bridgehead atoms. The molecule has 0 unspecified atom stereocenters. The predicted octanol–water partition coefficient (Wildman–Crippen LogP) is 2.87. The third-order valence-corrected chi connectivity index (χ3v) is 2.80. The number of carbonyl (C=O) groups is 1. The van der Waals surface area contributed by atoms with E-state index in [-0.39, 0.29) is 11.7 Å². The number of nitrogens with zero attached hydrogens (tertiary/aromatic N) is 3. The Morgan fingerprint density at radius 3 is 2.35 bits per heavy atom. The van der Waals surface area contributed by atoms with Crippen molar-refractivity contribution in [2.75, 3.05) is 11.9 Å². The SMILES string of the molecule is CC(=O)N(C)c1cc(C(F)(F)F)nn1-c1ccccc1. The average molecular weight is 283 g/mol. The van der Waals surface area contributed by atoms with Gasteiger partial charge in [-0.25, -0.2) is 4.68 Å². The van der Waals surface area contributed by atoms with Crippen molar-refractivity contribution < 1.29 is 18.0 Å². The Kier molecular flexibility index (Phi) is 3.52. The summed E-state index contributed by atoms with van der Waals surface area (Å²) in [5.41, 5.74) is -0.587. The minimum Gasteiger partial charge on any atom is -0.300 e. The van der Waals surface area contributed by atoms with E-state index in [4.69, 9.17) is 0 Å². The van der Waals surface area contributed by atoms with Crippen molar-refractivity contribution in [3.8, 4) is 5.69 Å². The fourth-order valence-corrected chi connectivity index (χ4v) is 1.67. The summed E-state index contributed by atoms with van der Waals surface area (Å²) in [5, 5.41) is 3.55. The molecule has 0 radical (unpaired) electrons. The number of alkyl halides is 3. The molecule has 0 N–H and O–H groups in total. The summed E-state index contributed by atoms with van der Waals surface area (Å²) < 4.78 is 39.4. The minimum atomic E-state index is -4.56. The van der Waals surface area contributed by atoms with Gasteiger partial charge in [-0.2, -0.15) is 18.3 Å². The maximum atomic E-state index is 12.8. The molecule has 0 fully saturated rings. The number of aromatic nitrogens is 2. The predicted molar refractivity (Wildman–Crippen MR) is 67.7 cm³/mol. The van der Waals surface area contributed by atoms with Gasteiger partial charge in [-0.15, -0.1) is 0 Å². The highest BCUT2D eigenvalue weighted by molar-refractivity contribution is 5.90. The molecule has 7 heteroatoms. The number of anilines is 1. The van der Waals surface area contributed by atoms with E-state index in [9.17, 15) is 18.0 Å². The van der Waals surface area contributed by atoms with Crippen LogP contribution in [0.5, 0.6) is 0 Å². The third-order valence-electron chi connectivity index (χ3n) is 2.80. The summed E-state index contributed by atoms with van der Waals surface area (Å²) in [4.78, 5) is 12.5. The fraction of sp³-hybridized carbons (Fsp3) is 0.231. The van der Waals surface area contributed by atoms with Gasteiger partial charge in [0.1, 0.15) is 5.82 Å². The second kappa shape index (κ2) is 4.99. The van der Waals surface area contributed by atoms with Crippen LogP contribution in [0.1, 0.15) is 12.6 Å². The molecule has 20 heavy (non-hydrogen) atoms. The van der Waals surface area contributed by atoms with Gasteiger partial charge in [-0.05, 0) is 12.1 Å². The highest BCUT2D eigenvalue weighted by atomic mass is 19.4. The summed E-state index contributed by atoms with van der Waals surface area (Å²) >= 11 is 0. The van der Waals surface area contributed by atoms with Gasteiger partial charge in [0.2, 0.25) is 5.91 Å². The van der Waals surface area contributed by atoms with Crippen LogP contribution in [0.25, 0.3) is 5.69 Å². The van der Waals surface area contributed by atoms with E-state index in [1.807, 2.05) is 0 Å². The molecule has 2 aromatic rings. The van der Waals surface area contributed by atoms with Crippen LogP contribution in [-0.4, -0.2) is 22.7 Å². The second-order valence-electron chi connectivity index (χ2n) is 4.21. The molecule has 1 heterocycles. The van der Waals surface area contributed by atoms with E-state index < -0.39 is 11.9 Å². The molecular formula is C13H12F3N3O. The van der Waals surface area contributed by atoms with Crippen LogP contribution in [0.3, 0.4) is 0 Å².